The van der Waals surface area contributed by atoms with Gasteiger partial charge in [-0.15, -0.1) is 0 Å². The van der Waals surface area contributed by atoms with E-state index in [9.17, 15) is 0 Å². The van der Waals surface area contributed by atoms with Crippen molar-refractivity contribution in [2.75, 3.05) is 6.61 Å². The summed E-state index contributed by atoms with van der Waals surface area (Å²) in [5.41, 5.74) is 1.55. The smallest absolute Gasteiger partial charge is 0.181 e. The maximum absolute atomic E-state index is 6.23. The van der Waals surface area contributed by atoms with Crippen molar-refractivity contribution in [2.45, 2.75) is 64.5 Å². The molecule has 0 N–H and O–H groups in total. The highest BCUT2D eigenvalue weighted by atomic mass is 28.3. The Bertz CT molecular complexity index is 277. The van der Waals surface area contributed by atoms with Crippen LogP contribution in [0, 0.1) is 17.8 Å². The SMILES string of the molecule is CC(C)[SiH](OCCCC1CC2C=CC1C2)C(C)C. The second kappa shape index (κ2) is 6.38. The van der Waals surface area contributed by atoms with Gasteiger partial charge in [0.2, 0.25) is 0 Å². The fourth-order valence-electron chi connectivity index (χ4n) is 3.95. The van der Waals surface area contributed by atoms with E-state index in [-0.39, 0.29) is 0 Å². The predicted octanol–water partition coefficient (Wildman–Crippen LogP) is 4.54. The molecule has 3 unspecified atom stereocenters. The highest BCUT2D eigenvalue weighted by Gasteiger charge is 2.34. The molecule has 104 valence electrons. The Balaban J connectivity index is 1.62. The summed E-state index contributed by atoms with van der Waals surface area (Å²) in [7, 11) is -0.974. The summed E-state index contributed by atoms with van der Waals surface area (Å²) in [4.78, 5) is 0. The molecule has 2 bridgehead atoms. The highest BCUT2D eigenvalue weighted by Crippen LogP contribution is 2.45. The van der Waals surface area contributed by atoms with Crippen LogP contribution in [-0.2, 0) is 4.43 Å². The fraction of sp³-hybridized carbons (Fsp3) is 0.875. The molecular weight excluding hydrogens is 236 g/mol. The van der Waals surface area contributed by atoms with E-state index in [1.54, 1.807) is 0 Å². The second-order valence-electron chi connectivity index (χ2n) is 7.01. The highest BCUT2D eigenvalue weighted by molar-refractivity contribution is 6.54. The molecule has 0 aromatic rings. The van der Waals surface area contributed by atoms with Crippen molar-refractivity contribution in [1.82, 2.24) is 0 Å². The lowest BCUT2D eigenvalue weighted by Gasteiger charge is -2.24. The Morgan fingerprint density at radius 2 is 1.83 bits per heavy atom. The van der Waals surface area contributed by atoms with E-state index in [1.807, 2.05) is 0 Å². The zero-order chi connectivity index (χ0) is 13.1. The van der Waals surface area contributed by atoms with Crippen molar-refractivity contribution in [2.24, 2.45) is 17.8 Å². The van der Waals surface area contributed by atoms with Crippen molar-refractivity contribution in [3.63, 3.8) is 0 Å². The van der Waals surface area contributed by atoms with Crippen LogP contribution in [0.3, 0.4) is 0 Å². The third-order valence-electron chi connectivity index (χ3n) is 4.76. The van der Waals surface area contributed by atoms with Crippen molar-refractivity contribution < 1.29 is 4.43 Å². The molecule has 2 aliphatic rings. The van der Waals surface area contributed by atoms with E-state index in [2.05, 4.69) is 39.8 Å². The lowest BCUT2D eigenvalue weighted by molar-refractivity contribution is 0.275. The molecule has 0 aliphatic heterocycles. The Hall–Kier alpha value is -0.0831. The van der Waals surface area contributed by atoms with E-state index in [4.69, 9.17) is 4.43 Å². The van der Waals surface area contributed by atoms with Gasteiger partial charge in [-0.25, -0.2) is 0 Å². The minimum Gasteiger partial charge on any atom is -0.420 e. The van der Waals surface area contributed by atoms with Crippen LogP contribution in [0.15, 0.2) is 12.2 Å². The van der Waals surface area contributed by atoms with Crippen LogP contribution in [0.1, 0.15) is 53.4 Å². The molecule has 2 aliphatic carbocycles. The minimum absolute atomic E-state index is 0.774. The van der Waals surface area contributed by atoms with Crippen LogP contribution in [0.5, 0.6) is 0 Å². The zero-order valence-electron chi connectivity index (χ0n) is 12.6. The van der Waals surface area contributed by atoms with Crippen molar-refractivity contribution in [3.8, 4) is 0 Å². The van der Waals surface area contributed by atoms with Gasteiger partial charge in [-0.05, 0) is 54.5 Å². The average Bonchev–Trinajstić information content (AvgIpc) is 2.89. The van der Waals surface area contributed by atoms with E-state index >= 15 is 0 Å². The number of allylic oxidation sites excluding steroid dienone is 2. The molecule has 0 amide bonds. The second-order valence-corrected chi connectivity index (χ2v) is 10.9. The number of hydrogen-bond acceptors (Lipinski definition) is 1. The Labute approximate surface area is 115 Å². The van der Waals surface area contributed by atoms with Crippen LogP contribution < -0.4 is 0 Å². The standard InChI is InChI=1S/C16H30OSi/c1-12(2)18(13(3)4)17-9-5-6-15-10-14-7-8-16(15)11-14/h7-8,12-16,18H,5-6,9-11H2,1-4H3. The number of hydrogen-bond donors (Lipinski definition) is 0. The molecule has 0 heterocycles. The van der Waals surface area contributed by atoms with Crippen molar-refractivity contribution in [3.05, 3.63) is 12.2 Å². The Morgan fingerprint density at radius 3 is 2.33 bits per heavy atom. The topological polar surface area (TPSA) is 9.23 Å². The van der Waals surface area contributed by atoms with Crippen LogP contribution in [0.4, 0.5) is 0 Å². The number of rotatable bonds is 7. The molecule has 0 aromatic heterocycles. The lowest BCUT2D eigenvalue weighted by Crippen LogP contribution is -2.26. The lowest BCUT2D eigenvalue weighted by atomic mass is 9.90. The molecule has 3 atom stereocenters. The molecule has 18 heavy (non-hydrogen) atoms. The molecule has 0 radical (unpaired) electrons. The van der Waals surface area contributed by atoms with Gasteiger partial charge in [-0.2, -0.15) is 0 Å². The Morgan fingerprint density at radius 1 is 1.11 bits per heavy atom. The number of fused-ring (bicyclic) bond motifs is 2. The first-order valence-corrected chi connectivity index (χ1v) is 9.68. The maximum Gasteiger partial charge on any atom is 0.181 e. The molecule has 0 spiro atoms. The molecule has 0 saturated heterocycles. The summed E-state index contributed by atoms with van der Waals surface area (Å²) < 4.78 is 6.23. The molecule has 1 saturated carbocycles. The molecule has 1 fully saturated rings. The first-order valence-electron chi connectivity index (χ1n) is 7.88. The zero-order valence-corrected chi connectivity index (χ0v) is 13.7. The molecule has 2 heteroatoms. The first kappa shape index (κ1) is 14.3. The van der Waals surface area contributed by atoms with Crippen molar-refractivity contribution in [1.29, 1.82) is 0 Å². The van der Waals surface area contributed by atoms with Gasteiger partial charge >= 0.3 is 0 Å². The molecular formula is C16H30OSi. The summed E-state index contributed by atoms with van der Waals surface area (Å²) in [5, 5.41) is 0. The van der Waals surface area contributed by atoms with Crippen LogP contribution in [0.25, 0.3) is 0 Å². The third kappa shape index (κ3) is 3.48. The van der Waals surface area contributed by atoms with Gasteiger partial charge in [-0.3, -0.25) is 0 Å². The normalized spacial score (nSPS) is 30.3. The van der Waals surface area contributed by atoms with E-state index < -0.39 is 9.04 Å². The minimum atomic E-state index is -0.974. The maximum atomic E-state index is 6.23. The summed E-state index contributed by atoms with van der Waals surface area (Å²) >= 11 is 0. The van der Waals surface area contributed by atoms with Gasteiger partial charge in [-0.1, -0.05) is 39.8 Å². The summed E-state index contributed by atoms with van der Waals surface area (Å²) in [6.07, 6.45) is 10.5. The summed E-state index contributed by atoms with van der Waals surface area (Å²) in [5.74, 6) is 2.81. The van der Waals surface area contributed by atoms with Crippen LogP contribution >= 0.6 is 0 Å². The summed E-state index contributed by atoms with van der Waals surface area (Å²) in [6.45, 7) is 10.3. The van der Waals surface area contributed by atoms with E-state index in [1.165, 1.54) is 25.7 Å². The quantitative estimate of drug-likeness (QED) is 0.373. The van der Waals surface area contributed by atoms with Gasteiger partial charge in [0.1, 0.15) is 0 Å². The average molecular weight is 267 g/mol. The Kier molecular flexibility index (Phi) is 5.08. The van der Waals surface area contributed by atoms with Gasteiger partial charge in [0.15, 0.2) is 9.04 Å². The van der Waals surface area contributed by atoms with Gasteiger partial charge in [0.25, 0.3) is 0 Å². The van der Waals surface area contributed by atoms with Gasteiger partial charge in [0, 0.05) is 6.61 Å². The predicted molar refractivity (Wildman–Crippen MR) is 81.4 cm³/mol. The monoisotopic (exact) mass is 266 g/mol. The molecule has 2 rings (SSSR count). The third-order valence-corrected chi connectivity index (χ3v) is 8.01. The molecule has 1 nitrogen and oxygen atoms in total. The first-order chi connectivity index (χ1) is 8.58. The van der Waals surface area contributed by atoms with Crippen LogP contribution in [-0.4, -0.2) is 15.6 Å². The largest absolute Gasteiger partial charge is 0.420 e. The van der Waals surface area contributed by atoms with Crippen LogP contribution in [0.2, 0.25) is 11.1 Å². The van der Waals surface area contributed by atoms with E-state index in [0.29, 0.717) is 0 Å². The van der Waals surface area contributed by atoms with E-state index in [0.717, 1.165) is 35.4 Å². The molecule has 0 aromatic carbocycles. The fourth-order valence-corrected chi connectivity index (χ4v) is 6.69. The van der Waals surface area contributed by atoms with Crippen molar-refractivity contribution >= 4 is 9.04 Å². The van der Waals surface area contributed by atoms with Gasteiger partial charge in [0.05, 0.1) is 0 Å². The summed E-state index contributed by atoms with van der Waals surface area (Å²) in [6, 6.07) is 0. The van der Waals surface area contributed by atoms with Gasteiger partial charge < -0.3 is 4.43 Å².